The van der Waals surface area contributed by atoms with Gasteiger partial charge in [0.15, 0.2) is 5.78 Å². The Bertz CT molecular complexity index is 414. The molecule has 108 valence electrons. The van der Waals surface area contributed by atoms with Crippen LogP contribution >= 0.6 is 11.3 Å². The monoisotopic (exact) mass is 293 g/mol. The molecule has 19 heavy (non-hydrogen) atoms. The van der Waals surface area contributed by atoms with Crippen molar-refractivity contribution in [1.29, 1.82) is 0 Å². The number of thiophene rings is 1. The molecule has 0 spiro atoms. The lowest BCUT2D eigenvalue weighted by molar-refractivity contribution is -0.137. The Balaban J connectivity index is 2.66. The summed E-state index contributed by atoms with van der Waals surface area (Å²) in [6.45, 7) is 2.54. The molecule has 2 N–H and O–H groups in total. The fourth-order valence-electron chi connectivity index (χ4n) is 1.99. The quantitative estimate of drug-likeness (QED) is 0.769. The largest absolute Gasteiger partial charge is 0.417 e. The molecule has 0 aliphatic rings. The lowest BCUT2D eigenvalue weighted by Crippen LogP contribution is -2.13. The van der Waals surface area contributed by atoms with Crippen LogP contribution in [0.5, 0.6) is 0 Å². The van der Waals surface area contributed by atoms with Gasteiger partial charge in [-0.3, -0.25) is 4.79 Å². The summed E-state index contributed by atoms with van der Waals surface area (Å²) >= 11 is 0.911. The third-order valence-electron chi connectivity index (χ3n) is 3.20. The van der Waals surface area contributed by atoms with Crippen molar-refractivity contribution in [2.75, 3.05) is 6.54 Å². The van der Waals surface area contributed by atoms with Crippen LogP contribution in [0.2, 0.25) is 0 Å². The van der Waals surface area contributed by atoms with Gasteiger partial charge >= 0.3 is 6.18 Å². The maximum Gasteiger partial charge on any atom is 0.417 e. The summed E-state index contributed by atoms with van der Waals surface area (Å²) in [5, 5.41) is 2.28. The third kappa shape index (κ3) is 4.62. The van der Waals surface area contributed by atoms with E-state index in [-0.39, 0.29) is 12.0 Å². The number of hydrogen-bond acceptors (Lipinski definition) is 3. The normalized spacial score (nSPS) is 13.5. The number of carbonyl (C=O) groups excluding carboxylic acids is 1. The van der Waals surface area contributed by atoms with Gasteiger partial charge in [0.25, 0.3) is 0 Å². The van der Waals surface area contributed by atoms with E-state index in [2.05, 4.69) is 0 Å². The van der Waals surface area contributed by atoms with Crippen LogP contribution in [-0.2, 0) is 6.18 Å². The molecular formula is C13H18F3NOS. The minimum Gasteiger partial charge on any atom is -0.330 e. The third-order valence-corrected chi connectivity index (χ3v) is 3.94. The van der Waals surface area contributed by atoms with Crippen LogP contribution < -0.4 is 5.73 Å². The van der Waals surface area contributed by atoms with E-state index in [0.717, 1.165) is 29.6 Å². The molecule has 6 heteroatoms. The lowest BCUT2D eigenvalue weighted by Gasteiger charge is -2.13. The van der Waals surface area contributed by atoms with Crippen LogP contribution in [0.25, 0.3) is 0 Å². The Kier molecular flexibility index (Phi) is 6.00. The number of nitrogens with two attached hydrogens (primary N) is 1. The number of Topliss-reactive ketones (excluding diaryl/α,β-unsaturated/α-hetero) is 1. The number of halogens is 3. The summed E-state index contributed by atoms with van der Waals surface area (Å²) in [5.41, 5.74) is 4.45. The molecule has 0 bridgehead atoms. The van der Waals surface area contributed by atoms with E-state index in [9.17, 15) is 18.0 Å². The van der Waals surface area contributed by atoms with Gasteiger partial charge in [-0.25, -0.2) is 0 Å². The fourth-order valence-corrected chi connectivity index (χ4v) is 2.85. The second kappa shape index (κ2) is 7.05. The lowest BCUT2D eigenvalue weighted by atomic mass is 9.93. The molecule has 0 aliphatic carbocycles. The first-order valence-corrected chi connectivity index (χ1v) is 7.21. The van der Waals surface area contributed by atoms with Crippen molar-refractivity contribution in [1.82, 2.24) is 0 Å². The average Bonchev–Trinajstić information content (AvgIpc) is 2.83. The van der Waals surface area contributed by atoms with E-state index >= 15 is 0 Å². The first-order valence-electron chi connectivity index (χ1n) is 6.26. The molecule has 0 aliphatic heterocycles. The summed E-state index contributed by atoms with van der Waals surface area (Å²) in [6, 6.07) is 0. The molecule has 0 saturated carbocycles. The maximum atomic E-state index is 12.7. The summed E-state index contributed by atoms with van der Waals surface area (Å²) in [7, 11) is 0. The van der Waals surface area contributed by atoms with Crippen LogP contribution in [-0.4, -0.2) is 12.3 Å². The molecular weight excluding hydrogens is 275 g/mol. The maximum absolute atomic E-state index is 12.7. The Labute approximate surface area is 114 Å². The van der Waals surface area contributed by atoms with Crippen molar-refractivity contribution in [3.8, 4) is 0 Å². The minimum absolute atomic E-state index is 0.151. The first-order chi connectivity index (χ1) is 8.90. The molecule has 0 amide bonds. The predicted octanol–water partition coefficient (Wildman–Crippen LogP) is 4.10. The number of rotatable bonds is 7. The van der Waals surface area contributed by atoms with Gasteiger partial charge in [-0.05, 0) is 25.3 Å². The van der Waals surface area contributed by atoms with Crippen molar-refractivity contribution in [3.05, 3.63) is 21.9 Å². The van der Waals surface area contributed by atoms with Gasteiger partial charge in [0.05, 0.1) is 5.56 Å². The number of hydrogen-bond donors (Lipinski definition) is 1. The molecule has 2 nitrogen and oxygen atoms in total. The second-order valence-electron chi connectivity index (χ2n) is 4.51. The van der Waals surface area contributed by atoms with Crippen molar-refractivity contribution in [2.45, 2.75) is 38.8 Å². The van der Waals surface area contributed by atoms with Gasteiger partial charge in [-0.2, -0.15) is 24.5 Å². The van der Waals surface area contributed by atoms with Crippen LogP contribution in [0.15, 0.2) is 10.8 Å². The zero-order valence-corrected chi connectivity index (χ0v) is 11.6. The van der Waals surface area contributed by atoms with Gasteiger partial charge in [0.1, 0.15) is 0 Å². The zero-order valence-electron chi connectivity index (χ0n) is 10.8. The van der Waals surface area contributed by atoms with Crippen molar-refractivity contribution >= 4 is 17.1 Å². The molecule has 1 heterocycles. The van der Waals surface area contributed by atoms with Gasteiger partial charge in [0.2, 0.25) is 0 Å². The molecule has 0 aromatic carbocycles. The fraction of sp³-hybridized carbons (Fsp3) is 0.615. The van der Waals surface area contributed by atoms with E-state index in [4.69, 9.17) is 5.73 Å². The number of carbonyl (C=O) groups is 1. The van der Waals surface area contributed by atoms with Gasteiger partial charge in [-0.15, -0.1) is 0 Å². The van der Waals surface area contributed by atoms with Gasteiger partial charge in [0, 0.05) is 22.7 Å². The van der Waals surface area contributed by atoms with E-state index in [1.807, 2.05) is 6.92 Å². The topological polar surface area (TPSA) is 43.1 Å². The van der Waals surface area contributed by atoms with E-state index in [1.54, 1.807) is 0 Å². The van der Waals surface area contributed by atoms with Crippen LogP contribution in [0, 0.1) is 5.92 Å². The Hall–Kier alpha value is -0.880. The van der Waals surface area contributed by atoms with Crippen molar-refractivity contribution < 1.29 is 18.0 Å². The summed E-state index contributed by atoms with van der Waals surface area (Å²) in [6.07, 6.45) is -2.01. The predicted molar refractivity (Wildman–Crippen MR) is 70.3 cm³/mol. The molecule has 1 rings (SSSR count). The molecule has 1 unspecified atom stereocenters. The Morgan fingerprint density at radius 3 is 2.58 bits per heavy atom. The SMILES string of the molecule is CCC(CCN)CCC(=O)c1cscc1C(F)(F)F. The summed E-state index contributed by atoms with van der Waals surface area (Å²) < 4.78 is 38.0. The molecule has 0 radical (unpaired) electrons. The highest BCUT2D eigenvalue weighted by molar-refractivity contribution is 7.08. The van der Waals surface area contributed by atoms with E-state index in [0.29, 0.717) is 18.9 Å². The number of alkyl halides is 3. The smallest absolute Gasteiger partial charge is 0.330 e. The standard InChI is InChI=1S/C13H18F3NOS/c1-2-9(5-6-17)3-4-12(18)10-7-19-8-11(10)13(14,15)16/h7-9H,2-6,17H2,1H3. The molecule has 1 aromatic rings. The molecule has 1 aromatic heterocycles. The highest BCUT2D eigenvalue weighted by Gasteiger charge is 2.35. The van der Waals surface area contributed by atoms with E-state index < -0.39 is 17.5 Å². The highest BCUT2D eigenvalue weighted by Crippen LogP contribution is 2.35. The average molecular weight is 293 g/mol. The molecule has 0 saturated heterocycles. The molecule has 0 fully saturated rings. The summed E-state index contributed by atoms with van der Waals surface area (Å²) in [4.78, 5) is 11.9. The van der Waals surface area contributed by atoms with Crippen molar-refractivity contribution in [3.63, 3.8) is 0 Å². The Morgan fingerprint density at radius 2 is 2.05 bits per heavy atom. The van der Waals surface area contributed by atoms with Crippen LogP contribution in [0.3, 0.4) is 0 Å². The second-order valence-corrected chi connectivity index (χ2v) is 5.25. The van der Waals surface area contributed by atoms with Gasteiger partial charge in [-0.1, -0.05) is 13.3 Å². The van der Waals surface area contributed by atoms with Crippen LogP contribution in [0.1, 0.15) is 48.5 Å². The molecule has 1 atom stereocenters. The highest BCUT2D eigenvalue weighted by atomic mass is 32.1. The van der Waals surface area contributed by atoms with Crippen molar-refractivity contribution in [2.24, 2.45) is 11.7 Å². The summed E-state index contributed by atoms with van der Waals surface area (Å²) in [5.74, 6) is -0.119. The van der Waals surface area contributed by atoms with Crippen LogP contribution in [0.4, 0.5) is 13.2 Å². The first kappa shape index (κ1) is 16.2. The zero-order chi connectivity index (χ0) is 14.5. The van der Waals surface area contributed by atoms with E-state index in [1.165, 1.54) is 5.38 Å². The Morgan fingerprint density at radius 1 is 1.37 bits per heavy atom. The number of ketones is 1. The van der Waals surface area contributed by atoms with Gasteiger partial charge < -0.3 is 5.73 Å². The minimum atomic E-state index is -4.45.